The van der Waals surface area contributed by atoms with Crippen molar-refractivity contribution in [3.63, 3.8) is 0 Å². The maximum absolute atomic E-state index is 12.6. The minimum Gasteiger partial charge on any atom is -0.316 e. The molecule has 0 radical (unpaired) electrons. The van der Waals surface area contributed by atoms with Gasteiger partial charge in [0.1, 0.15) is 0 Å². The van der Waals surface area contributed by atoms with Crippen molar-refractivity contribution in [3.8, 4) is 0 Å². The minimum atomic E-state index is -3.14. The van der Waals surface area contributed by atoms with Gasteiger partial charge >= 0.3 is 0 Å². The van der Waals surface area contributed by atoms with Gasteiger partial charge in [0.05, 0.1) is 5.75 Å². The largest absolute Gasteiger partial charge is 0.316 e. The summed E-state index contributed by atoms with van der Waals surface area (Å²) in [6, 6.07) is 9.89. The predicted octanol–water partition coefficient (Wildman–Crippen LogP) is 1.27. The van der Waals surface area contributed by atoms with E-state index in [4.69, 9.17) is 0 Å². The molecule has 4 nitrogen and oxygen atoms in total. The first kappa shape index (κ1) is 14.0. The summed E-state index contributed by atoms with van der Waals surface area (Å²) in [5.41, 5.74) is 1.09. The van der Waals surface area contributed by atoms with Gasteiger partial charge in [0.15, 0.2) is 0 Å². The van der Waals surface area contributed by atoms with E-state index in [1.807, 2.05) is 37.3 Å². The zero-order valence-electron chi connectivity index (χ0n) is 11.8. The molecule has 1 aromatic carbocycles. The lowest BCUT2D eigenvalue weighted by Crippen LogP contribution is -2.34. The maximum Gasteiger partial charge on any atom is 0.214 e. The Morgan fingerprint density at radius 1 is 1.20 bits per heavy atom. The molecular formula is C15H22N2O2S. The predicted molar refractivity (Wildman–Crippen MR) is 80.1 cm³/mol. The van der Waals surface area contributed by atoms with Crippen molar-refractivity contribution in [1.29, 1.82) is 0 Å². The van der Waals surface area contributed by atoms with Gasteiger partial charge in [-0.25, -0.2) is 12.7 Å². The maximum atomic E-state index is 12.6. The van der Waals surface area contributed by atoms with Crippen molar-refractivity contribution >= 4 is 10.0 Å². The molecular weight excluding hydrogens is 272 g/mol. The molecule has 2 fully saturated rings. The van der Waals surface area contributed by atoms with Gasteiger partial charge in [-0.1, -0.05) is 37.3 Å². The number of hydrogen-bond acceptors (Lipinski definition) is 3. The fourth-order valence-electron chi connectivity index (χ4n) is 3.34. The van der Waals surface area contributed by atoms with Gasteiger partial charge in [-0.2, -0.15) is 0 Å². The van der Waals surface area contributed by atoms with Crippen LogP contribution in [0.5, 0.6) is 0 Å². The lowest BCUT2D eigenvalue weighted by Gasteiger charge is -2.20. The highest BCUT2D eigenvalue weighted by Gasteiger charge is 2.41. The summed E-state index contributed by atoms with van der Waals surface area (Å²) in [5.74, 6) is 1.28. The summed E-state index contributed by atoms with van der Waals surface area (Å²) < 4.78 is 26.8. The van der Waals surface area contributed by atoms with Gasteiger partial charge in [-0.05, 0) is 36.4 Å². The highest BCUT2D eigenvalue weighted by molar-refractivity contribution is 7.89. The fraction of sp³-hybridized carbons (Fsp3) is 0.600. The highest BCUT2D eigenvalue weighted by Crippen LogP contribution is 2.29. The van der Waals surface area contributed by atoms with Gasteiger partial charge in [0, 0.05) is 13.1 Å². The lowest BCUT2D eigenvalue weighted by molar-refractivity contribution is 0.445. The second kappa shape index (κ2) is 5.47. The van der Waals surface area contributed by atoms with Crippen LogP contribution in [0.2, 0.25) is 0 Å². The number of nitrogens with one attached hydrogen (secondary N) is 1. The van der Waals surface area contributed by atoms with Crippen LogP contribution >= 0.6 is 0 Å². The Morgan fingerprint density at radius 2 is 1.80 bits per heavy atom. The van der Waals surface area contributed by atoms with E-state index >= 15 is 0 Å². The van der Waals surface area contributed by atoms with E-state index in [1.165, 1.54) is 0 Å². The molecule has 3 unspecified atom stereocenters. The molecule has 1 aromatic rings. The second-order valence-electron chi connectivity index (χ2n) is 6.09. The highest BCUT2D eigenvalue weighted by atomic mass is 32.2. The van der Waals surface area contributed by atoms with Crippen molar-refractivity contribution in [3.05, 3.63) is 35.9 Å². The Morgan fingerprint density at radius 3 is 2.40 bits per heavy atom. The van der Waals surface area contributed by atoms with Gasteiger partial charge in [0.25, 0.3) is 0 Å². The average molecular weight is 294 g/mol. The Balaban J connectivity index is 1.67. The Kier molecular flexibility index (Phi) is 3.84. The summed E-state index contributed by atoms with van der Waals surface area (Å²) >= 11 is 0. The quantitative estimate of drug-likeness (QED) is 0.910. The smallest absolute Gasteiger partial charge is 0.214 e. The van der Waals surface area contributed by atoms with Crippen molar-refractivity contribution in [2.45, 2.75) is 12.8 Å². The number of fused-ring (bicyclic) bond motifs is 1. The number of benzene rings is 1. The molecule has 3 atom stereocenters. The molecule has 2 saturated heterocycles. The molecule has 20 heavy (non-hydrogen) atoms. The molecule has 0 spiro atoms. The topological polar surface area (TPSA) is 49.4 Å². The third-order valence-electron chi connectivity index (χ3n) is 4.58. The molecule has 2 aliphatic heterocycles. The van der Waals surface area contributed by atoms with Crippen LogP contribution in [0.1, 0.15) is 18.4 Å². The van der Waals surface area contributed by atoms with Gasteiger partial charge < -0.3 is 5.32 Å². The molecule has 3 rings (SSSR count). The van der Waals surface area contributed by atoms with Crippen molar-refractivity contribution in [2.24, 2.45) is 11.8 Å². The van der Waals surface area contributed by atoms with Crippen LogP contribution in [0.3, 0.4) is 0 Å². The van der Waals surface area contributed by atoms with E-state index in [9.17, 15) is 8.42 Å². The number of sulfonamides is 1. The molecule has 5 heteroatoms. The number of nitrogens with zero attached hydrogens (tertiary/aromatic N) is 1. The SMILES string of the molecule is CC(CS(=O)(=O)N1CC2CNCC2C1)c1ccccc1. The van der Waals surface area contributed by atoms with Crippen molar-refractivity contribution in [1.82, 2.24) is 9.62 Å². The molecule has 0 saturated carbocycles. The van der Waals surface area contributed by atoms with Gasteiger partial charge in [0.2, 0.25) is 10.0 Å². The molecule has 1 N–H and O–H groups in total. The fourth-order valence-corrected chi connectivity index (χ4v) is 5.21. The van der Waals surface area contributed by atoms with Gasteiger partial charge in [-0.3, -0.25) is 0 Å². The number of rotatable bonds is 4. The Hall–Kier alpha value is -0.910. The van der Waals surface area contributed by atoms with Crippen molar-refractivity contribution in [2.75, 3.05) is 31.9 Å². The van der Waals surface area contributed by atoms with E-state index in [-0.39, 0.29) is 11.7 Å². The molecule has 110 valence electrons. The average Bonchev–Trinajstić information content (AvgIpc) is 3.00. The second-order valence-corrected chi connectivity index (χ2v) is 8.10. The minimum absolute atomic E-state index is 0.0414. The first-order chi connectivity index (χ1) is 9.56. The molecule has 0 aliphatic carbocycles. The van der Waals surface area contributed by atoms with E-state index in [1.54, 1.807) is 4.31 Å². The first-order valence-electron chi connectivity index (χ1n) is 7.30. The van der Waals surface area contributed by atoms with E-state index in [0.717, 1.165) is 18.7 Å². The van der Waals surface area contributed by atoms with E-state index < -0.39 is 10.0 Å². The van der Waals surface area contributed by atoms with Crippen LogP contribution in [0, 0.1) is 11.8 Å². The molecule has 2 aliphatic rings. The Labute approximate surface area is 121 Å². The molecule has 2 heterocycles. The summed E-state index contributed by atoms with van der Waals surface area (Å²) in [7, 11) is -3.14. The summed E-state index contributed by atoms with van der Waals surface area (Å²) in [5, 5.41) is 3.34. The molecule has 0 bridgehead atoms. The van der Waals surface area contributed by atoms with Crippen LogP contribution in [-0.4, -0.2) is 44.7 Å². The van der Waals surface area contributed by atoms with Crippen molar-refractivity contribution < 1.29 is 8.42 Å². The normalized spacial score (nSPS) is 28.4. The lowest BCUT2D eigenvalue weighted by atomic mass is 10.0. The van der Waals surface area contributed by atoms with E-state index in [2.05, 4.69) is 5.32 Å². The van der Waals surface area contributed by atoms with Crippen LogP contribution in [0.15, 0.2) is 30.3 Å². The van der Waals surface area contributed by atoms with Crippen LogP contribution in [-0.2, 0) is 10.0 Å². The van der Waals surface area contributed by atoms with Crippen LogP contribution in [0.4, 0.5) is 0 Å². The third kappa shape index (κ3) is 2.75. The molecule has 0 amide bonds. The van der Waals surface area contributed by atoms with Crippen LogP contribution in [0.25, 0.3) is 0 Å². The standard InChI is InChI=1S/C15H22N2O2S/c1-12(13-5-3-2-4-6-13)11-20(18,19)17-9-14-7-16-8-15(14)10-17/h2-6,12,14-16H,7-11H2,1H3. The monoisotopic (exact) mass is 294 g/mol. The third-order valence-corrected chi connectivity index (χ3v) is 6.58. The zero-order chi connectivity index (χ0) is 14.2. The summed E-state index contributed by atoms with van der Waals surface area (Å²) in [4.78, 5) is 0. The number of hydrogen-bond donors (Lipinski definition) is 1. The first-order valence-corrected chi connectivity index (χ1v) is 8.90. The Bertz CT molecular complexity index is 546. The molecule has 0 aromatic heterocycles. The summed E-state index contributed by atoms with van der Waals surface area (Å²) in [6.45, 7) is 5.31. The van der Waals surface area contributed by atoms with E-state index in [0.29, 0.717) is 24.9 Å². The zero-order valence-corrected chi connectivity index (χ0v) is 12.6. The van der Waals surface area contributed by atoms with Gasteiger partial charge in [-0.15, -0.1) is 0 Å². The summed E-state index contributed by atoms with van der Waals surface area (Å²) in [6.07, 6.45) is 0. The van der Waals surface area contributed by atoms with Crippen LogP contribution < -0.4 is 5.32 Å².